The lowest BCUT2D eigenvalue weighted by atomic mass is 9.83. The maximum absolute atomic E-state index is 3.60. The number of hydrogen-bond donors (Lipinski definition) is 1. The standard InChI is InChI=1S/C15H30N2/c1-3-5-13-6-8-15(9-7-13)17-11-10-14(12-17)16-4-2/h13-16H,3-12H2,1-2H3. The average molecular weight is 238 g/mol. The van der Waals surface area contributed by atoms with Crippen LogP contribution in [0.3, 0.4) is 0 Å². The van der Waals surface area contributed by atoms with Crippen LogP contribution in [0.1, 0.15) is 58.8 Å². The molecule has 0 aromatic carbocycles. The summed E-state index contributed by atoms with van der Waals surface area (Å²) in [4.78, 5) is 2.76. The van der Waals surface area contributed by atoms with Crippen LogP contribution in [0.25, 0.3) is 0 Å². The molecule has 1 unspecified atom stereocenters. The molecule has 0 spiro atoms. The van der Waals surface area contributed by atoms with Gasteiger partial charge < -0.3 is 5.32 Å². The third-order valence-electron chi connectivity index (χ3n) is 4.74. The highest BCUT2D eigenvalue weighted by atomic mass is 15.2. The van der Waals surface area contributed by atoms with Crippen molar-refractivity contribution < 1.29 is 0 Å². The van der Waals surface area contributed by atoms with E-state index in [0.29, 0.717) is 0 Å². The predicted molar refractivity (Wildman–Crippen MR) is 74.3 cm³/mol. The molecule has 1 atom stereocenters. The van der Waals surface area contributed by atoms with Crippen LogP contribution in [0.4, 0.5) is 0 Å². The molecule has 1 aliphatic carbocycles. The molecule has 2 heteroatoms. The summed E-state index contributed by atoms with van der Waals surface area (Å²) < 4.78 is 0. The van der Waals surface area contributed by atoms with Gasteiger partial charge in [0.15, 0.2) is 0 Å². The smallest absolute Gasteiger partial charge is 0.0207 e. The Morgan fingerprint density at radius 1 is 1.06 bits per heavy atom. The summed E-state index contributed by atoms with van der Waals surface area (Å²) >= 11 is 0. The van der Waals surface area contributed by atoms with Crippen LogP contribution < -0.4 is 5.32 Å². The molecule has 0 radical (unpaired) electrons. The van der Waals surface area contributed by atoms with Crippen molar-refractivity contribution in [1.82, 2.24) is 10.2 Å². The second-order valence-electron chi connectivity index (χ2n) is 6.00. The highest BCUT2D eigenvalue weighted by molar-refractivity contribution is 4.87. The van der Waals surface area contributed by atoms with Gasteiger partial charge in [-0.2, -0.15) is 0 Å². The Kier molecular flexibility index (Phi) is 5.30. The molecule has 0 bridgehead atoms. The molecular formula is C15H30N2. The highest BCUT2D eigenvalue weighted by Crippen LogP contribution is 2.31. The summed E-state index contributed by atoms with van der Waals surface area (Å²) in [5.41, 5.74) is 0. The van der Waals surface area contributed by atoms with Crippen LogP contribution in [0.2, 0.25) is 0 Å². The van der Waals surface area contributed by atoms with Crippen LogP contribution in [0.5, 0.6) is 0 Å². The number of nitrogens with one attached hydrogen (secondary N) is 1. The lowest BCUT2D eigenvalue weighted by Crippen LogP contribution is -2.39. The van der Waals surface area contributed by atoms with E-state index in [-0.39, 0.29) is 0 Å². The first-order valence-corrected chi connectivity index (χ1v) is 7.80. The Hall–Kier alpha value is -0.0800. The zero-order valence-electron chi connectivity index (χ0n) is 11.8. The van der Waals surface area contributed by atoms with Crippen LogP contribution in [0, 0.1) is 5.92 Å². The van der Waals surface area contributed by atoms with Gasteiger partial charge in [0.2, 0.25) is 0 Å². The largest absolute Gasteiger partial charge is 0.313 e. The van der Waals surface area contributed by atoms with Crippen molar-refractivity contribution in [2.75, 3.05) is 19.6 Å². The third kappa shape index (κ3) is 3.69. The third-order valence-corrected chi connectivity index (χ3v) is 4.74. The minimum atomic E-state index is 0.772. The lowest BCUT2D eigenvalue weighted by Gasteiger charge is -2.34. The van der Waals surface area contributed by atoms with Gasteiger partial charge in [-0.15, -0.1) is 0 Å². The van der Waals surface area contributed by atoms with E-state index in [1.54, 1.807) is 0 Å². The van der Waals surface area contributed by atoms with Gasteiger partial charge >= 0.3 is 0 Å². The van der Waals surface area contributed by atoms with Crippen molar-refractivity contribution in [1.29, 1.82) is 0 Å². The van der Waals surface area contributed by atoms with Crippen molar-refractivity contribution in [2.45, 2.75) is 70.9 Å². The Labute approximate surface area is 107 Å². The SMILES string of the molecule is CCCC1CCC(N2CCC(NCC)C2)CC1. The Bertz CT molecular complexity index is 209. The first-order valence-electron chi connectivity index (χ1n) is 7.80. The number of hydrogen-bond acceptors (Lipinski definition) is 2. The molecule has 1 N–H and O–H groups in total. The van der Waals surface area contributed by atoms with Crippen LogP contribution in [-0.2, 0) is 0 Å². The summed E-state index contributed by atoms with van der Waals surface area (Å²) in [6, 6.07) is 1.68. The molecule has 2 nitrogen and oxygen atoms in total. The van der Waals surface area contributed by atoms with Gasteiger partial charge in [-0.05, 0) is 44.6 Å². The zero-order valence-corrected chi connectivity index (χ0v) is 11.8. The summed E-state index contributed by atoms with van der Waals surface area (Å²) in [6.07, 6.45) is 10.1. The number of likely N-dealkylation sites (tertiary alicyclic amines) is 1. The average Bonchev–Trinajstić information content (AvgIpc) is 2.80. The van der Waals surface area contributed by atoms with Gasteiger partial charge in [-0.25, -0.2) is 0 Å². The van der Waals surface area contributed by atoms with E-state index < -0.39 is 0 Å². The molecule has 2 fully saturated rings. The Balaban J connectivity index is 1.70. The van der Waals surface area contributed by atoms with Gasteiger partial charge in [0, 0.05) is 25.2 Å². The molecule has 17 heavy (non-hydrogen) atoms. The maximum atomic E-state index is 3.60. The highest BCUT2D eigenvalue weighted by Gasteiger charge is 2.30. The van der Waals surface area contributed by atoms with E-state index in [1.165, 1.54) is 58.0 Å². The second kappa shape index (κ2) is 6.75. The van der Waals surface area contributed by atoms with E-state index in [9.17, 15) is 0 Å². The van der Waals surface area contributed by atoms with Crippen LogP contribution in [-0.4, -0.2) is 36.6 Å². The molecular weight excluding hydrogens is 208 g/mol. The summed E-state index contributed by atoms with van der Waals surface area (Å²) in [5, 5.41) is 3.60. The van der Waals surface area contributed by atoms with Gasteiger partial charge in [-0.1, -0.05) is 26.7 Å². The summed E-state index contributed by atoms with van der Waals surface area (Å²) in [7, 11) is 0. The number of likely N-dealkylation sites (N-methyl/N-ethyl adjacent to an activating group) is 1. The molecule has 2 rings (SSSR count). The second-order valence-corrected chi connectivity index (χ2v) is 6.00. The van der Waals surface area contributed by atoms with E-state index in [2.05, 4.69) is 24.1 Å². The van der Waals surface area contributed by atoms with E-state index in [1.807, 2.05) is 0 Å². The fourth-order valence-electron chi connectivity index (χ4n) is 3.78. The lowest BCUT2D eigenvalue weighted by molar-refractivity contribution is 0.158. The molecule has 0 amide bonds. The van der Waals surface area contributed by atoms with Crippen molar-refractivity contribution in [3.05, 3.63) is 0 Å². The summed E-state index contributed by atoms with van der Waals surface area (Å²) in [5.74, 6) is 1.04. The van der Waals surface area contributed by atoms with Crippen molar-refractivity contribution in [2.24, 2.45) is 5.92 Å². The van der Waals surface area contributed by atoms with Crippen molar-refractivity contribution in [3.63, 3.8) is 0 Å². The van der Waals surface area contributed by atoms with Gasteiger partial charge in [0.25, 0.3) is 0 Å². The van der Waals surface area contributed by atoms with E-state index in [4.69, 9.17) is 0 Å². The van der Waals surface area contributed by atoms with Crippen molar-refractivity contribution >= 4 is 0 Å². The first-order chi connectivity index (χ1) is 8.33. The molecule has 0 aromatic rings. The Morgan fingerprint density at radius 2 is 1.82 bits per heavy atom. The minimum absolute atomic E-state index is 0.772. The maximum Gasteiger partial charge on any atom is 0.0207 e. The van der Waals surface area contributed by atoms with Gasteiger partial charge in [0.1, 0.15) is 0 Å². The quantitative estimate of drug-likeness (QED) is 0.792. The van der Waals surface area contributed by atoms with Gasteiger partial charge in [-0.3, -0.25) is 4.90 Å². The first kappa shape index (κ1) is 13.4. The molecule has 1 saturated carbocycles. The summed E-state index contributed by atoms with van der Waals surface area (Å²) in [6.45, 7) is 8.31. The molecule has 2 aliphatic rings. The monoisotopic (exact) mass is 238 g/mol. The van der Waals surface area contributed by atoms with E-state index in [0.717, 1.165) is 24.5 Å². The fourth-order valence-corrected chi connectivity index (χ4v) is 3.78. The minimum Gasteiger partial charge on any atom is -0.313 e. The molecule has 0 aromatic heterocycles. The molecule has 1 heterocycles. The van der Waals surface area contributed by atoms with E-state index >= 15 is 0 Å². The number of nitrogens with zero attached hydrogens (tertiary/aromatic N) is 1. The zero-order chi connectivity index (χ0) is 12.1. The van der Waals surface area contributed by atoms with Gasteiger partial charge in [0.05, 0.1) is 0 Å². The van der Waals surface area contributed by atoms with Crippen molar-refractivity contribution in [3.8, 4) is 0 Å². The normalized spacial score (nSPS) is 35.3. The van der Waals surface area contributed by atoms with Crippen LogP contribution in [0.15, 0.2) is 0 Å². The topological polar surface area (TPSA) is 15.3 Å². The van der Waals surface area contributed by atoms with Crippen LogP contribution >= 0.6 is 0 Å². The predicted octanol–water partition coefficient (Wildman–Crippen LogP) is 3.03. The Morgan fingerprint density at radius 3 is 2.47 bits per heavy atom. The molecule has 100 valence electrons. The number of rotatable bonds is 5. The molecule has 1 aliphatic heterocycles. The fraction of sp³-hybridized carbons (Fsp3) is 1.00. The molecule has 1 saturated heterocycles.